The van der Waals surface area contributed by atoms with Crippen LogP contribution in [0.25, 0.3) is 0 Å². The second-order valence-electron chi connectivity index (χ2n) is 7.15. The molecule has 2 N–H and O–H groups in total. The molecule has 0 fully saturated rings. The molecule has 184 valence electrons. The third-order valence-electron chi connectivity index (χ3n) is 4.54. The lowest BCUT2D eigenvalue weighted by molar-refractivity contribution is -0.138. The van der Waals surface area contributed by atoms with Crippen molar-refractivity contribution in [2.24, 2.45) is 0 Å². The van der Waals surface area contributed by atoms with Gasteiger partial charge >= 0.3 is 11.9 Å². The average molecular weight is 500 g/mol. The van der Waals surface area contributed by atoms with Gasteiger partial charge in [-0.15, -0.1) is 4.83 Å². The lowest BCUT2D eigenvalue weighted by Crippen LogP contribution is -2.40. The van der Waals surface area contributed by atoms with Crippen LogP contribution in [0.5, 0.6) is 5.75 Å². The summed E-state index contributed by atoms with van der Waals surface area (Å²) < 4.78 is 35.3. The minimum Gasteiger partial charge on any atom is -0.492 e. The summed E-state index contributed by atoms with van der Waals surface area (Å²) in [6.07, 6.45) is 2.82. The molecule has 0 spiro atoms. The van der Waals surface area contributed by atoms with Gasteiger partial charge in [-0.1, -0.05) is 24.3 Å². The van der Waals surface area contributed by atoms with E-state index in [-0.39, 0.29) is 35.1 Å². The number of benzene rings is 2. The largest absolute Gasteiger partial charge is 0.492 e. The van der Waals surface area contributed by atoms with Gasteiger partial charge in [-0.3, -0.25) is 4.79 Å². The molecule has 0 aliphatic carbocycles. The molecule has 2 aromatic carbocycles. The highest BCUT2D eigenvalue weighted by molar-refractivity contribution is 7.89. The van der Waals surface area contributed by atoms with E-state index >= 15 is 0 Å². The minimum absolute atomic E-state index is 0.0277. The smallest absolute Gasteiger partial charge is 0.348 e. The maximum Gasteiger partial charge on any atom is 0.348 e. The molecule has 3 rings (SSSR count). The molecule has 35 heavy (non-hydrogen) atoms. The van der Waals surface area contributed by atoms with Crippen molar-refractivity contribution in [2.45, 2.75) is 18.2 Å². The van der Waals surface area contributed by atoms with Crippen LogP contribution in [0.1, 0.15) is 23.7 Å². The monoisotopic (exact) mass is 499 g/mol. The van der Waals surface area contributed by atoms with Crippen LogP contribution in [0.15, 0.2) is 71.9 Å². The van der Waals surface area contributed by atoms with E-state index in [2.05, 4.69) is 20.1 Å². The number of hydrogen-bond donors (Lipinski definition) is 2. The highest BCUT2D eigenvalue weighted by Gasteiger charge is 2.22. The number of aromatic nitrogens is 2. The fourth-order valence-corrected chi connectivity index (χ4v) is 4.08. The molecule has 0 atom stereocenters. The summed E-state index contributed by atoms with van der Waals surface area (Å²) in [4.78, 5) is 35.7. The van der Waals surface area contributed by atoms with E-state index in [9.17, 15) is 18.0 Å². The van der Waals surface area contributed by atoms with Crippen molar-refractivity contribution in [3.05, 3.63) is 72.6 Å². The summed E-state index contributed by atoms with van der Waals surface area (Å²) in [5.74, 6) is -1.14. The van der Waals surface area contributed by atoms with Crippen molar-refractivity contribution < 1.29 is 27.5 Å². The number of hydrazine groups is 1. The average Bonchev–Trinajstić information content (AvgIpc) is 2.85. The van der Waals surface area contributed by atoms with E-state index in [4.69, 9.17) is 9.47 Å². The molecule has 11 nitrogen and oxygen atoms in total. The molecular formula is C23H25N5O6S. The first kappa shape index (κ1) is 25.7. The zero-order chi connectivity index (χ0) is 25.3. The van der Waals surface area contributed by atoms with Crippen LogP contribution >= 0.6 is 0 Å². The Labute approximate surface area is 203 Å². The number of para-hydroxylation sites is 1. The molecule has 0 radical (unpaired) electrons. The zero-order valence-corrected chi connectivity index (χ0v) is 20.0. The van der Waals surface area contributed by atoms with Gasteiger partial charge in [0.15, 0.2) is 0 Å². The normalized spacial score (nSPS) is 11.2. The van der Waals surface area contributed by atoms with Gasteiger partial charge in [0.1, 0.15) is 5.75 Å². The fourth-order valence-electron chi connectivity index (χ4n) is 2.95. The maximum atomic E-state index is 12.8. The van der Waals surface area contributed by atoms with E-state index < -0.39 is 22.0 Å². The molecule has 0 amide bonds. The van der Waals surface area contributed by atoms with Gasteiger partial charge in [0, 0.05) is 26.0 Å². The third-order valence-corrected chi connectivity index (χ3v) is 5.98. The molecular weight excluding hydrogens is 474 g/mol. The van der Waals surface area contributed by atoms with Crippen LogP contribution in [-0.4, -0.2) is 55.5 Å². The van der Waals surface area contributed by atoms with Crippen LogP contribution < -0.4 is 14.9 Å². The second kappa shape index (κ2) is 12.0. The molecule has 12 heteroatoms. The molecule has 1 aromatic heterocycles. The number of carbonyl (C=O) groups excluding carboxylic acids is 2. The summed E-state index contributed by atoms with van der Waals surface area (Å²) in [6, 6.07) is 14.2. The van der Waals surface area contributed by atoms with Gasteiger partial charge in [0.25, 0.3) is 10.0 Å². The minimum atomic E-state index is -3.80. The van der Waals surface area contributed by atoms with Gasteiger partial charge < -0.3 is 14.8 Å². The molecule has 3 aromatic rings. The Kier molecular flexibility index (Phi) is 8.84. The Hall–Kier alpha value is -3.87. The van der Waals surface area contributed by atoms with Crippen molar-refractivity contribution in [2.75, 3.05) is 25.5 Å². The van der Waals surface area contributed by atoms with Gasteiger partial charge in [-0.2, -0.15) is 0 Å². The standard InChI is InChI=1S/C23H25N5O6S/c1-3-33-19-12-7-11-18(21(19)26-23-24-14-8-15-25-23)22(30)34-20(29)13-16-28(2)27-35(31,32)17-9-5-4-6-10-17/h4-12,14-15,27H,3,13,16H2,1-2H3,(H,24,25,26). The first-order chi connectivity index (χ1) is 16.8. The highest BCUT2D eigenvalue weighted by Crippen LogP contribution is 2.31. The van der Waals surface area contributed by atoms with E-state index in [1.54, 1.807) is 43.3 Å². The Morgan fingerprint density at radius 2 is 1.71 bits per heavy atom. The predicted octanol–water partition coefficient (Wildman–Crippen LogP) is 2.52. The Morgan fingerprint density at radius 1 is 1.00 bits per heavy atom. The van der Waals surface area contributed by atoms with Gasteiger partial charge in [0.05, 0.1) is 29.2 Å². The van der Waals surface area contributed by atoms with Gasteiger partial charge in [0.2, 0.25) is 5.95 Å². The molecule has 0 bridgehead atoms. The molecule has 0 unspecified atom stereocenters. The number of ether oxygens (including phenoxy) is 2. The van der Waals surface area contributed by atoms with Crippen LogP contribution in [-0.2, 0) is 19.6 Å². The summed E-state index contributed by atoms with van der Waals surface area (Å²) in [7, 11) is -2.33. The van der Waals surface area contributed by atoms with E-state index in [0.717, 1.165) is 0 Å². The summed E-state index contributed by atoms with van der Waals surface area (Å²) in [5, 5.41) is 4.15. The second-order valence-corrected chi connectivity index (χ2v) is 8.81. The number of nitrogens with one attached hydrogen (secondary N) is 2. The van der Waals surface area contributed by atoms with Crippen LogP contribution in [0, 0.1) is 0 Å². The van der Waals surface area contributed by atoms with Crippen molar-refractivity contribution in [1.29, 1.82) is 0 Å². The quantitative estimate of drug-likeness (QED) is 0.230. The lowest BCUT2D eigenvalue weighted by Gasteiger charge is -2.18. The number of anilines is 2. The summed E-state index contributed by atoms with van der Waals surface area (Å²) in [5.41, 5.74) is 0.306. The van der Waals surface area contributed by atoms with Crippen LogP contribution in [0.2, 0.25) is 0 Å². The molecule has 0 saturated heterocycles. The van der Waals surface area contributed by atoms with Gasteiger partial charge in [-0.25, -0.2) is 28.2 Å². The fraction of sp³-hybridized carbons (Fsp3) is 0.217. The van der Waals surface area contributed by atoms with Crippen LogP contribution in [0.4, 0.5) is 11.6 Å². The SMILES string of the molecule is CCOc1cccc(C(=O)OC(=O)CCN(C)NS(=O)(=O)c2ccccc2)c1Nc1ncccn1. The van der Waals surface area contributed by atoms with E-state index in [0.29, 0.717) is 12.4 Å². The van der Waals surface area contributed by atoms with E-state index in [1.165, 1.54) is 42.6 Å². The zero-order valence-electron chi connectivity index (χ0n) is 19.2. The Balaban J connectivity index is 1.64. The first-order valence-electron chi connectivity index (χ1n) is 10.6. The van der Waals surface area contributed by atoms with Crippen molar-refractivity contribution >= 4 is 33.6 Å². The summed E-state index contributed by atoms with van der Waals surface area (Å²) >= 11 is 0. The molecule has 1 heterocycles. The number of hydrogen-bond acceptors (Lipinski definition) is 10. The van der Waals surface area contributed by atoms with Crippen LogP contribution in [0.3, 0.4) is 0 Å². The highest BCUT2D eigenvalue weighted by atomic mass is 32.2. The van der Waals surface area contributed by atoms with Crippen molar-refractivity contribution in [3.8, 4) is 5.75 Å². The maximum absolute atomic E-state index is 12.8. The number of nitrogens with zero attached hydrogens (tertiary/aromatic N) is 3. The number of esters is 2. The van der Waals surface area contributed by atoms with Crippen molar-refractivity contribution in [3.63, 3.8) is 0 Å². The predicted molar refractivity (Wildman–Crippen MR) is 127 cm³/mol. The number of rotatable bonds is 11. The lowest BCUT2D eigenvalue weighted by atomic mass is 10.1. The Morgan fingerprint density at radius 3 is 2.40 bits per heavy atom. The Bertz CT molecular complexity index is 1260. The number of carbonyl (C=O) groups is 2. The topological polar surface area (TPSA) is 140 Å². The molecule has 0 saturated carbocycles. The van der Waals surface area contributed by atoms with Crippen molar-refractivity contribution in [1.82, 2.24) is 19.8 Å². The molecule has 0 aliphatic heterocycles. The summed E-state index contributed by atoms with van der Waals surface area (Å²) in [6.45, 7) is 2.10. The van der Waals surface area contributed by atoms with E-state index in [1.807, 2.05) is 0 Å². The van der Waals surface area contributed by atoms with Gasteiger partial charge in [-0.05, 0) is 37.3 Å². The molecule has 0 aliphatic rings. The number of sulfonamides is 1. The first-order valence-corrected chi connectivity index (χ1v) is 12.1. The third kappa shape index (κ3) is 7.30.